The van der Waals surface area contributed by atoms with E-state index in [2.05, 4.69) is 20.8 Å². The smallest absolute Gasteiger partial charge is 0.349 e. The Labute approximate surface area is 207 Å². The molecule has 3 heterocycles. The number of aryl methyl sites for hydroxylation is 1. The molecule has 5 rings (SSSR count). The van der Waals surface area contributed by atoms with E-state index in [1.165, 1.54) is 13.0 Å². The van der Waals surface area contributed by atoms with E-state index >= 15 is 0 Å². The zero-order valence-corrected chi connectivity index (χ0v) is 20.2. The number of carbonyl (C=O) groups is 1. The summed E-state index contributed by atoms with van der Waals surface area (Å²) in [5, 5.41) is 16.4. The Balaban J connectivity index is 1.49. The molecule has 0 bridgehead atoms. The first-order valence-corrected chi connectivity index (χ1v) is 12.1. The first-order chi connectivity index (χ1) is 17.1. The number of anilines is 2. The number of nitrogens with zero attached hydrogens (tertiary/aromatic N) is 3. The number of piperidine rings is 1. The van der Waals surface area contributed by atoms with Gasteiger partial charge in [-0.1, -0.05) is 18.2 Å². The van der Waals surface area contributed by atoms with Crippen LogP contribution < -0.4 is 21.3 Å². The summed E-state index contributed by atoms with van der Waals surface area (Å²) in [5.41, 5.74) is 7.14. The molecule has 3 aromatic rings. The topological polar surface area (TPSA) is 96.2 Å². The maximum Gasteiger partial charge on any atom is 0.416 e. The lowest BCUT2D eigenvalue weighted by molar-refractivity contribution is -0.138. The maximum atomic E-state index is 13.4. The summed E-state index contributed by atoms with van der Waals surface area (Å²) in [5.74, 6) is 0.498. The molecule has 1 spiro atoms. The minimum atomic E-state index is -4.47. The van der Waals surface area contributed by atoms with Crippen LogP contribution in [0.1, 0.15) is 47.8 Å². The molecule has 7 nitrogen and oxygen atoms in total. The summed E-state index contributed by atoms with van der Waals surface area (Å²) >= 11 is 0. The fraction of sp³-hybridized carbons (Fsp3) is 0.423. The molecule has 2 saturated heterocycles. The van der Waals surface area contributed by atoms with Crippen molar-refractivity contribution in [2.45, 2.75) is 45.5 Å². The molecule has 4 N–H and O–H groups in total. The molecular formula is C26H29F3N6O. The Hall–Kier alpha value is -3.24. The fourth-order valence-electron chi connectivity index (χ4n) is 5.51. The van der Waals surface area contributed by atoms with Crippen molar-refractivity contribution in [3.05, 3.63) is 58.8 Å². The highest BCUT2D eigenvalue weighted by Gasteiger charge is 2.47. The maximum absolute atomic E-state index is 13.4. The average Bonchev–Trinajstić information content (AvgIpc) is 3.15. The van der Waals surface area contributed by atoms with Gasteiger partial charge in [0, 0.05) is 23.0 Å². The van der Waals surface area contributed by atoms with Gasteiger partial charge in [-0.15, -0.1) is 5.10 Å². The van der Waals surface area contributed by atoms with Gasteiger partial charge in [-0.05, 0) is 75.5 Å². The molecule has 36 heavy (non-hydrogen) atoms. The highest BCUT2D eigenvalue weighted by atomic mass is 19.4. The summed E-state index contributed by atoms with van der Waals surface area (Å²) in [6.45, 7) is 5.57. The summed E-state index contributed by atoms with van der Waals surface area (Å²) in [6, 6.07) is 9.67. The number of carbonyl (C=O) groups excluding carboxylic acids is 1. The third-order valence-corrected chi connectivity index (χ3v) is 7.64. The predicted octanol–water partition coefficient (Wildman–Crippen LogP) is 4.44. The lowest BCUT2D eigenvalue weighted by Gasteiger charge is -2.32. The van der Waals surface area contributed by atoms with Gasteiger partial charge in [0.05, 0.1) is 16.7 Å². The van der Waals surface area contributed by atoms with Crippen molar-refractivity contribution in [1.29, 1.82) is 0 Å². The monoisotopic (exact) mass is 498 g/mol. The van der Waals surface area contributed by atoms with Crippen molar-refractivity contribution in [3.63, 3.8) is 0 Å². The highest BCUT2D eigenvalue weighted by molar-refractivity contribution is 6.03. The standard InChI is InChI=1S/C26H29F3N6O/c1-15-18(4-3-5-21(15)26(27,28)29)22(30)32-23-20-14-17(6-7-19(20)16(2)33-34-23)35-13-10-25(24(35)36)8-11-31-12-9-25/h3-7,14,22,31H,8-13,30H2,1-2H3,(H,32,34)/t22-/m0/s1. The first-order valence-electron chi connectivity index (χ1n) is 12.1. The highest BCUT2D eigenvalue weighted by Crippen LogP contribution is 2.42. The van der Waals surface area contributed by atoms with E-state index in [9.17, 15) is 18.0 Å². The van der Waals surface area contributed by atoms with Crippen LogP contribution in [0, 0.1) is 19.3 Å². The van der Waals surface area contributed by atoms with Crippen molar-refractivity contribution in [2.75, 3.05) is 29.9 Å². The molecule has 2 fully saturated rings. The van der Waals surface area contributed by atoms with Crippen LogP contribution in [0.3, 0.4) is 0 Å². The van der Waals surface area contributed by atoms with Gasteiger partial charge in [0.25, 0.3) is 0 Å². The van der Waals surface area contributed by atoms with E-state index in [0.29, 0.717) is 29.0 Å². The van der Waals surface area contributed by atoms with E-state index in [1.54, 1.807) is 6.07 Å². The number of nitrogens with two attached hydrogens (primary N) is 1. The van der Waals surface area contributed by atoms with Crippen molar-refractivity contribution < 1.29 is 18.0 Å². The third-order valence-electron chi connectivity index (χ3n) is 7.64. The number of aromatic nitrogens is 2. The number of halogens is 3. The zero-order valence-electron chi connectivity index (χ0n) is 20.2. The molecule has 0 aliphatic carbocycles. The minimum Gasteiger partial charge on any atom is -0.349 e. The molecule has 2 aliphatic heterocycles. The number of hydrogen-bond donors (Lipinski definition) is 3. The van der Waals surface area contributed by atoms with Gasteiger partial charge in [0.15, 0.2) is 5.82 Å². The molecule has 190 valence electrons. The Morgan fingerprint density at radius 2 is 1.83 bits per heavy atom. The summed E-state index contributed by atoms with van der Waals surface area (Å²) in [7, 11) is 0. The van der Waals surface area contributed by atoms with E-state index < -0.39 is 17.9 Å². The van der Waals surface area contributed by atoms with Crippen molar-refractivity contribution in [3.8, 4) is 0 Å². The van der Waals surface area contributed by atoms with Crippen LogP contribution in [0.2, 0.25) is 0 Å². The lowest BCUT2D eigenvalue weighted by atomic mass is 9.77. The molecule has 0 saturated carbocycles. The molecule has 2 aromatic carbocycles. The third kappa shape index (κ3) is 4.18. The van der Waals surface area contributed by atoms with Crippen LogP contribution in [-0.2, 0) is 11.0 Å². The van der Waals surface area contributed by atoms with Gasteiger partial charge in [-0.2, -0.15) is 18.3 Å². The second kappa shape index (κ2) is 9.01. The van der Waals surface area contributed by atoms with Crippen LogP contribution in [0.5, 0.6) is 0 Å². The molecular weight excluding hydrogens is 469 g/mol. The van der Waals surface area contributed by atoms with E-state index in [4.69, 9.17) is 5.73 Å². The molecule has 10 heteroatoms. The quantitative estimate of drug-likeness (QED) is 0.461. The van der Waals surface area contributed by atoms with E-state index in [-0.39, 0.29) is 16.9 Å². The molecule has 1 aromatic heterocycles. The second-order valence-corrected chi connectivity index (χ2v) is 9.74. The van der Waals surface area contributed by atoms with Crippen LogP contribution >= 0.6 is 0 Å². The average molecular weight is 499 g/mol. The van der Waals surface area contributed by atoms with Gasteiger partial charge in [0.2, 0.25) is 5.91 Å². The molecule has 2 aliphatic rings. The van der Waals surface area contributed by atoms with Crippen LogP contribution in [0.4, 0.5) is 24.7 Å². The number of fused-ring (bicyclic) bond motifs is 1. The van der Waals surface area contributed by atoms with E-state index in [1.807, 2.05) is 30.0 Å². The predicted molar refractivity (Wildman–Crippen MR) is 133 cm³/mol. The SMILES string of the molecule is Cc1c([C@@H](N)Nc2nnc(C)c3ccc(N4CCC5(CCNCC5)C4=O)cc23)cccc1C(F)(F)F. The number of alkyl halides is 3. The van der Waals surface area contributed by atoms with Crippen molar-refractivity contribution in [1.82, 2.24) is 15.5 Å². The lowest BCUT2D eigenvalue weighted by Crippen LogP contribution is -2.42. The number of amides is 1. The van der Waals surface area contributed by atoms with Gasteiger partial charge < -0.3 is 21.3 Å². The summed E-state index contributed by atoms with van der Waals surface area (Å²) < 4.78 is 40.2. The van der Waals surface area contributed by atoms with Crippen LogP contribution in [-0.4, -0.2) is 35.7 Å². The Morgan fingerprint density at radius 1 is 1.08 bits per heavy atom. The van der Waals surface area contributed by atoms with Crippen molar-refractivity contribution in [2.24, 2.45) is 11.1 Å². The van der Waals surface area contributed by atoms with Crippen molar-refractivity contribution >= 4 is 28.2 Å². The molecule has 0 radical (unpaired) electrons. The van der Waals surface area contributed by atoms with Gasteiger partial charge >= 0.3 is 6.18 Å². The van der Waals surface area contributed by atoms with E-state index in [0.717, 1.165) is 49.5 Å². The number of hydrogen-bond acceptors (Lipinski definition) is 6. The molecule has 1 atom stereocenters. The Morgan fingerprint density at radius 3 is 2.56 bits per heavy atom. The van der Waals surface area contributed by atoms with Crippen LogP contribution in [0.25, 0.3) is 10.8 Å². The Kier molecular flexibility index (Phi) is 6.12. The molecule has 1 amide bonds. The fourth-order valence-corrected chi connectivity index (χ4v) is 5.51. The number of benzene rings is 2. The Bertz CT molecular complexity index is 1320. The molecule has 0 unspecified atom stereocenters. The van der Waals surface area contributed by atoms with Gasteiger partial charge in [-0.3, -0.25) is 4.79 Å². The van der Waals surface area contributed by atoms with Gasteiger partial charge in [0.1, 0.15) is 6.17 Å². The van der Waals surface area contributed by atoms with Crippen LogP contribution in [0.15, 0.2) is 36.4 Å². The van der Waals surface area contributed by atoms with Gasteiger partial charge in [-0.25, -0.2) is 0 Å². The second-order valence-electron chi connectivity index (χ2n) is 9.74. The number of rotatable bonds is 4. The first kappa shape index (κ1) is 24.5. The normalized spacial score (nSPS) is 18.7. The summed E-state index contributed by atoms with van der Waals surface area (Å²) in [4.78, 5) is 15.3. The minimum absolute atomic E-state index is 0.0602. The largest absolute Gasteiger partial charge is 0.416 e. The number of nitrogens with one attached hydrogen (secondary N) is 2. The summed E-state index contributed by atoms with van der Waals surface area (Å²) in [6.07, 6.45) is -2.93. The zero-order chi connectivity index (χ0) is 25.7.